The predicted octanol–water partition coefficient (Wildman–Crippen LogP) is 2.46. The van der Waals surface area contributed by atoms with E-state index < -0.39 is 30.2 Å². The minimum absolute atomic E-state index is 0.344. The van der Waals surface area contributed by atoms with Crippen molar-refractivity contribution in [2.45, 2.75) is 44.0 Å². The molecule has 8 nitrogen and oxygen atoms in total. The molecule has 1 aliphatic heterocycles. The van der Waals surface area contributed by atoms with Crippen LogP contribution in [-0.4, -0.2) is 53.7 Å². The van der Waals surface area contributed by atoms with E-state index in [9.17, 15) is 10.2 Å². The third kappa shape index (κ3) is 3.24. The average Bonchev–Trinajstić information content (AvgIpc) is 3.17. The lowest BCUT2D eigenvalue weighted by molar-refractivity contribution is -0.0891. The van der Waals surface area contributed by atoms with Gasteiger partial charge in [-0.3, -0.25) is 4.57 Å². The van der Waals surface area contributed by atoms with Gasteiger partial charge in [0, 0.05) is 11.6 Å². The van der Waals surface area contributed by atoms with Crippen LogP contribution in [0.1, 0.15) is 25.6 Å². The lowest BCUT2D eigenvalue weighted by atomic mass is 9.85. The summed E-state index contributed by atoms with van der Waals surface area (Å²) in [6.45, 7) is 2.48. The number of aromatic nitrogens is 4. The molecule has 4 rings (SSSR count). The summed E-state index contributed by atoms with van der Waals surface area (Å²) in [7, 11) is 0. The Hall–Kier alpha value is -2.33. The zero-order valence-corrected chi connectivity index (χ0v) is 16.6. The van der Waals surface area contributed by atoms with Crippen LogP contribution in [0.25, 0.3) is 11.2 Å². The van der Waals surface area contributed by atoms with Crippen molar-refractivity contribution in [3.8, 4) is 0 Å². The fourth-order valence-electron chi connectivity index (χ4n) is 3.51. The van der Waals surface area contributed by atoms with Gasteiger partial charge in [0.05, 0.1) is 12.9 Å². The molecule has 0 aliphatic carbocycles. The van der Waals surface area contributed by atoms with Crippen LogP contribution in [0.15, 0.2) is 36.9 Å². The second-order valence-electron chi connectivity index (χ2n) is 7.41. The molecule has 0 spiro atoms. The van der Waals surface area contributed by atoms with Crippen molar-refractivity contribution >= 4 is 28.6 Å². The molecule has 3 N–H and O–H groups in total. The SMILES string of the molecule is CC1(O)[C@@H](CO)OC(n2cnc3c(NCc4cccc(Cl)c4)ncnc32)[C@]1(C)F. The monoisotopic (exact) mass is 421 g/mol. The summed E-state index contributed by atoms with van der Waals surface area (Å²) in [5.74, 6) is 0.470. The summed E-state index contributed by atoms with van der Waals surface area (Å²) in [5, 5.41) is 23.9. The number of alkyl halides is 1. The average molecular weight is 422 g/mol. The van der Waals surface area contributed by atoms with Crippen molar-refractivity contribution < 1.29 is 19.3 Å². The fraction of sp³-hybridized carbons (Fsp3) is 0.421. The van der Waals surface area contributed by atoms with Gasteiger partial charge in [0.1, 0.15) is 18.0 Å². The van der Waals surface area contributed by atoms with Gasteiger partial charge in [-0.15, -0.1) is 0 Å². The highest BCUT2D eigenvalue weighted by Crippen LogP contribution is 2.48. The van der Waals surface area contributed by atoms with Crippen LogP contribution in [0.2, 0.25) is 5.02 Å². The smallest absolute Gasteiger partial charge is 0.183 e. The molecule has 3 aromatic rings. The fourth-order valence-corrected chi connectivity index (χ4v) is 3.73. The molecular weight excluding hydrogens is 401 g/mol. The maximum Gasteiger partial charge on any atom is 0.183 e. The van der Waals surface area contributed by atoms with Crippen LogP contribution in [0.4, 0.5) is 10.2 Å². The standard InChI is InChI=1S/C19H21ClFN5O3/c1-18(21)17(29-13(8-27)19(18,2)28)26-10-25-14-15(23-9-24-16(14)26)22-7-11-4-3-5-12(20)6-11/h3-6,9-10,13,17,27-28H,7-8H2,1-2H3,(H,22,23,24)/t13-,17?,18+,19?/m1/s1. The highest BCUT2D eigenvalue weighted by atomic mass is 35.5. The van der Waals surface area contributed by atoms with Gasteiger partial charge in [0.25, 0.3) is 0 Å². The van der Waals surface area contributed by atoms with Gasteiger partial charge in [0.2, 0.25) is 0 Å². The van der Waals surface area contributed by atoms with Crippen molar-refractivity contribution in [3.63, 3.8) is 0 Å². The first kappa shape index (κ1) is 20.0. The molecule has 1 aliphatic rings. The molecule has 4 atom stereocenters. The first-order valence-electron chi connectivity index (χ1n) is 9.09. The van der Waals surface area contributed by atoms with Crippen molar-refractivity contribution in [3.05, 3.63) is 47.5 Å². The molecule has 0 bridgehead atoms. The maximum atomic E-state index is 15.5. The van der Waals surface area contributed by atoms with Crippen LogP contribution in [-0.2, 0) is 11.3 Å². The molecule has 1 fully saturated rings. The molecule has 154 valence electrons. The highest BCUT2D eigenvalue weighted by molar-refractivity contribution is 6.30. The lowest BCUT2D eigenvalue weighted by Crippen LogP contribution is -2.51. The van der Waals surface area contributed by atoms with Crippen LogP contribution in [0.3, 0.4) is 0 Å². The third-order valence-electron chi connectivity index (χ3n) is 5.50. The minimum Gasteiger partial charge on any atom is -0.394 e. The largest absolute Gasteiger partial charge is 0.394 e. The molecule has 0 saturated carbocycles. The Morgan fingerprint density at radius 3 is 2.79 bits per heavy atom. The Bertz CT molecular complexity index is 1040. The molecule has 3 heterocycles. The number of benzene rings is 1. The summed E-state index contributed by atoms with van der Waals surface area (Å²) in [4.78, 5) is 12.8. The van der Waals surface area contributed by atoms with Gasteiger partial charge < -0.3 is 20.3 Å². The molecule has 0 radical (unpaired) electrons. The van der Waals surface area contributed by atoms with Gasteiger partial charge in [-0.25, -0.2) is 19.3 Å². The van der Waals surface area contributed by atoms with Crippen LogP contribution >= 0.6 is 11.6 Å². The second-order valence-corrected chi connectivity index (χ2v) is 7.85. The molecule has 10 heteroatoms. The number of aliphatic hydroxyl groups excluding tert-OH is 1. The zero-order valence-electron chi connectivity index (χ0n) is 15.9. The molecule has 0 amide bonds. The Morgan fingerprint density at radius 2 is 2.10 bits per heavy atom. The molecule has 1 saturated heterocycles. The minimum atomic E-state index is -2.19. The van der Waals surface area contributed by atoms with E-state index in [4.69, 9.17) is 16.3 Å². The van der Waals surface area contributed by atoms with Crippen LogP contribution in [0, 0.1) is 0 Å². The summed E-state index contributed by atoms with van der Waals surface area (Å²) in [6.07, 6.45) is 0.437. The topological polar surface area (TPSA) is 105 Å². The van der Waals surface area contributed by atoms with E-state index in [1.165, 1.54) is 31.1 Å². The summed E-state index contributed by atoms with van der Waals surface area (Å²) >= 11 is 6.01. The molecule has 1 aromatic carbocycles. The normalized spacial score (nSPS) is 29.4. The van der Waals surface area contributed by atoms with Crippen molar-refractivity contribution in [2.24, 2.45) is 0 Å². The number of halogens is 2. The summed E-state index contributed by atoms with van der Waals surface area (Å²) in [5.41, 5.74) is -2.34. The van der Waals surface area contributed by atoms with Crippen molar-refractivity contribution in [1.29, 1.82) is 0 Å². The number of rotatable bonds is 5. The van der Waals surface area contributed by atoms with Gasteiger partial charge in [0.15, 0.2) is 28.9 Å². The Kier molecular flexibility index (Phi) is 4.94. The quantitative estimate of drug-likeness (QED) is 0.581. The van der Waals surface area contributed by atoms with Gasteiger partial charge in [-0.1, -0.05) is 23.7 Å². The number of hydrogen-bond donors (Lipinski definition) is 3. The number of anilines is 1. The van der Waals surface area contributed by atoms with E-state index in [0.717, 1.165) is 5.56 Å². The summed E-state index contributed by atoms with van der Waals surface area (Å²) in [6, 6.07) is 7.41. The first-order chi connectivity index (χ1) is 13.8. The van der Waals surface area contributed by atoms with Crippen molar-refractivity contribution in [2.75, 3.05) is 11.9 Å². The Labute approximate surface area is 171 Å². The highest BCUT2D eigenvalue weighted by Gasteiger charge is 2.63. The number of imidazole rings is 1. The van der Waals surface area contributed by atoms with Crippen LogP contribution in [0.5, 0.6) is 0 Å². The van der Waals surface area contributed by atoms with Crippen molar-refractivity contribution in [1.82, 2.24) is 19.5 Å². The van der Waals surface area contributed by atoms with Gasteiger partial charge in [-0.2, -0.15) is 0 Å². The molecule has 2 aromatic heterocycles. The molecule has 2 unspecified atom stereocenters. The van der Waals surface area contributed by atoms with Gasteiger partial charge in [-0.05, 0) is 31.5 Å². The zero-order chi connectivity index (χ0) is 20.8. The van der Waals surface area contributed by atoms with E-state index in [0.29, 0.717) is 28.5 Å². The lowest BCUT2D eigenvalue weighted by Gasteiger charge is -2.32. The van der Waals surface area contributed by atoms with E-state index in [1.54, 1.807) is 6.07 Å². The Morgan fingerprint density at radius 1 is 1.31 bits per heavy atom. The molecule has 29 heavy (non-hydrogen) atoms. The predicted molar refractivity (Wildman–Crippen MR) is 105 cm³/mol. The number of hydrogen-bond acceptors (Lipinski definition) is 7. The maximum absolute atomic E-state index is 15.5. The number of nitrogens with one attached hydrogen (secondary N) is 1. The number of nitrogens with zero attached hydrogens (tertiary/aromatic N) is 4. The first-order valence-corrected chi connectivity index (χ1v) is 9.47. The van der Waals surface area contributed by atoms with E-state index in [1.807, 2.05) is 18.2 Å². The van der Waals surface area contributed by atoms with E-state index >= 15 is 4.39 Å². The third-order valence-corrected chi connectivity index (χ3v) is 5.73. The Balaban J connectivity index is 1.66. The van der Waals surface area contributed by atoms with E-state index in [2.05, 4.69) is 20.3 Å². The summed E-state index contributed by atoms with van der Waals surface area (Å²) < 4.78 is 22.5. The second kappa shape index (κ2) is 7.17. The van der Waals surface area contributed by atoms with Crippen LogP contribution < -0.4 is 5.32 Å². The number of aliphatic hydroxyl groups is 2. The van der Waals surface area contributed by atoms with E-state index in [-0.39, 0.29) is 0 Å². The molecular formula is C19H21ClFN5O3. The number of fused-ring (bicyclic) bond motifs is 1. The number of ether oxygens (including phenoxy) is 1. The van der Waals surface area contributed by atoms with Gasteiger partial charge >= 0.3 is 0 Å².